The molecule has 0 unspecified atom stereocenters. The van der Waals surface area contributed by atoms with Gasteiger partial charge in [0, 0.05) is 17.2 Å². The molecule has 3 aromatic carbocycles. The maximum Gasteiger partial charge on any atom is 0.336 e. The highest BCUT2D eigenvalue weighted by molar-refractivity contribution is 7.98. The Balaban J connectivity index is 1.48. The van der Waals surface area contributed by atoms with Gasteiger partial charge in [0.25, 0.3) is 5.56 Å². The van der Waals surface area contributed by atoms with E-state index >= 15 is 0 Å². The first-order valence-electron chi connectivity index (χ1n) is 11.8. The van der Waals surface area contributed by atoms with E-state index in [0.717, 1.165) is 41.5 Å². The Morgan fingerprint density at radius 1 is 0.914 bits per heavy atom. The highest BCUT2D eigenvalue weighted by atomic mass is 32.2. The van der Waals surface area contributed by atoms with Crippen LogP contribution in [0.5, 0.6) is 0 Å². The Morgan fingerprint density at radius 2 is 1.71 bits per heavy atom. The minimum atomic E-state index is -0.357. The molecular formula is C29H24N2O3S. The van der Waals surface area contributed by atoms with E-state index in [1.165, 1.54) is 28.5 Å². The van der Waals surface area contributed by atoms with Gasteiger partial charge >= 0.3 is 5.63 Å². The van der Waals surface area contributed by atoms with Crippen LogP contribution in [0.2, 0.25) is 0 Å². The van der Waals surface area contributed by atoms with Gasteiger partial charge in [0.15, 0.2) is 5.16 Å². The number of rotatable bonds is 4. The Morgan fingerprint density at radius 3 is 2.54 bits per heavy atom. The van der Waals surface area contributed by atoms with Gasteiger partial charge in [-0.2, -0.15) is 0 Å². The van der Waals surface area contributed by atoms with Crippen LogP contribution in [0.15, 0.2) is 79.8 Å². The fourth-order valence-electron chi connectivity index (χ4n) is 4.86. The topological polar surface area (TPSA) is 65.1 Å². The van der Waals surface area contributed by atoms with Crippen LogP contribution in [-0.2, 0) is 18.6 Å². The Kier molecular flexibility index (Phi) is 5.33. The molecule has 0 radical (unpaired) electrons. The minimum Gasteiger partial charge on any atom is -0.423 e. The van der Waals surface area contributed by atoms with Crippen LogP contribution in [0.1, 0.15) is 34.2 Å². The zero-order chi connectivity index (χ0) is 24.1. The zero-order valence-corrected chi connectivity index (χ0v) is 20.4. The van der Waals surface area contributed by atoms with Crippen LogP contribution < -0.4 is 11.2 Å². The summed E-state index contributed by atoms with van der Waals surface area (Å²) in [5.41, 5.74) is 7.39. The smallest absolute Gasteiger partial charge is 0.336 e. The lowest BCUT2D eigenvalue weighted by Crippen LogP contribution is -2.22. The van der Waals surface area contributed by atoms with E-state index in [4.69, 9.17) is 9.40 Å². The Bertz CT molecular complexity index is 1750. The Hall–Kier alpha value is -3.64. The van der Waals surface area contributed by atoms with E-state index in [1.807, 2.05) is 55.5 Å². The van der Waals surface area contributed by atoms with Crippen molar-refractivity contribution in [3.63, 3.8) is 0 Å². The molecular weight excluding hydrogens is 456 g/mol. The minimum absolute atomic E-state index is 0.100. The van der Waals surface area contributed by atoms with Crippen molar-refractivity contribution >= 4 is 33.6 Å². The van der Waals surface area contributed by atoms with Crippen molar-refractivity contribution in [2.45, 2.75) is 44.0 Å². The lowest BCUT2D eigenvalue weighted by molar-refractivity contribution is 0.559. The molecule has 35 heavy (non-hydrogen) atoms. The summed E-state index contributed by atoms with van der Waals surface area (Å²) in [5.74, 6) is 0.497. The third-order valence-corrected chi connectivity index (χ3v) is 7.88. The number of hydrogen-bond donors (Lipinski definition) is 0. The number of aryl methyl sites for hydroxylation is 4. The number of hydrogen-bond acceptors (Lipinski definition) is 5. The molecule has 174 valence electrons. The van der Waals surface area contributed by atoms with Gasteiger partial charge in [-0.15, -0.1) is 0 Å². The van der Waals surface area contributed by atoms with Gasteiger partial charge in [-0.3, -0.25) is 9.36 Å². The zero-order valence-electron chi connectivity index (χ0n) is 19.6. The van der Waals surface area contributed by atoms with E-state index < -0.39 is 0 Å². The first-order chi connectivity index (χ1) is 17.0. The molecule has 1 aliphatic carbocycles. The first kappa shape index (κ1) is 21.9. The summed E-state index contributed by atoms with van der Waals surface area (Å²) in [7, 11) is 0. The van der Waals surface area contributed by atoms with Crippen LogP contribution in [0.25, 0.3) is 27.6 Å². The number of aromatic nitrogens is 2. The fourth-order valence-corrected chi connectivity index (χ4v) is 5.86. The number of fused-ring (bicyclic) bond motifs is 3. The van der Waals surface area contributed by atoms with Crippen LogP contribution in [0, 0.1) is 13.8 Å². The normalized spacial score (nSPS) is 13.0. The molecule has 0 N–H and O–H groups in total. The summed E-state index contributed by atoms with van der Waals surface area (Å²) in [4.78, 5) is 30.8. The van der Waals surface area contributed by atoms with Gasteiger partial charge in [-0.25, -0.2) is 9.78 Å². The molecule has 5 nitrogen and oxygen atoms in total. The second-order valence-corrected chi connectivity index (χ2v) is 10.1. The summed E-state index contributed by atoms with van der Waals surface area (Å²) in [6.07, 6.45) is 3.20. The molecule has 6 heteroatoms. The molecule has 2 heterocycles. The lowest BCUT2D eigenvalue weighted by Gasteiger charge is -2.15. The van der Waals surface area contributed by atoms with Gasteiger partial charge in [0.2, 0.25) is 0 Å². The number of thioether (sulfide) groups is 1. The quantitative estimate of drug-likeness (QED) is 0.182. The number of benzene rings is 3. The molecule has 2 aromatic heterocycles. The van der Waals surface area contributed by atoms with E-state index in [-0.39, 0.29) is 11.2 Å². The fraction of sp³-hybridized carbons (Fsp3) is 0.207. The molecule has 0 saturated heterocycles. The van der Waals surface area contributed by atoms with Gasteiger partial charge < -0.3 is 4.42 Å². The van der Waals surface area contributed by atoms with Crippen molar-refractivity contribution in [3.05, 3.63) is 109 Å². The standard InChI is InChI=1S/C29H24N2O3S/c1-17-10-11-22(12-18(17)2)31-28(33)23-8-3-4-9-25(23)30-29(31)35-16-21-15-27(32)34-26-14-20-7-5-6-19(20)13-24(21)26/h3-4,8-15H,5-7,16H2,1-2H3. The predicted molar refractivity (Wildman–Crippen MR) is 141 cm³/mol. The maximum absolute atomic E-state index is 13.6. The summed E-state index contributed by atoms with van der Waals surface area (Å²) < 4.78 is 7.22. The Labute approximate surface area is 206 Å². The van der Waals surface area contributed by atoms with Gasteiger partial charge in [-0.05, 0) is 97.3 Å². The summed E-state index contributed by atoms with van der Waals surface area (Å²) >= 11 is 1.46. The third-order valence-electron chi connectivity index (χ3n) is 6.89. The van der Waals surface area contributed by atoms with Crippen molar-refractivity contribution < 1.29 is 4.42 Å². The van der Waals surface area contributed by atoms with Crippen molar-refractivity contribution in [1.82, 2.24) is 9.55 Å². The van der Waals surface area contributed by atoms with Crippen molar-refractivity contribution in [2.75, 3.05) is 0 Å². The molecule has 0 atom stereocenters. The van der Waals surface area contributed by atoms with Crippen LogP contribution in [-0.4, -0.2) is 9.55 Å². The molecule has 0 spiro atoms. The second-order valence-electron chi connectivity index (χ2n) is 9.17. The SMILES string of the molecule is Cc1ccc(-n2c(SCc3cc(=O)oc4cc5c(cc34)CCC5)nc3ccccc3c2=O)cc1C. The highest BCUT2D eigenvalue weighted by Crippen LogP contribution is 2.32. The van der Waals surface area contributed by atoms with Gasteiger partial charge in [0.05, 0.1) is 16.6 Å². The average Bonchev–Trinajstić information content (AvgIpc) is 3.30. The first-order valence-corrected chi connectivity index (χ1v) is 12.8. The third kappa shape index (κ3) is 3.88. The van der Waals surface area contributed by atoms with Crippen LogP contribution in [0.4, 0.5) is 0 Å². The van der Waals surface area contributed by atoms with Crippen LogP contribution >= 0.6 is 11.8 Å². The monoisotopic (exact) mass is 480 g/mol. The maximum atomic E-state index is 13.6. The molecule has 5 aromatic rings. The molecule has 6 rings (SSSR count). The van der Waals surface area contributed by atoms with Crippen molar-refractivity contribution in [2.24, 2.45) is 0 Å². The summed E-state index contributed by atoms with van der Waals surface area (Å²) in [6, 6.07) is 19.2. The van der Waals surface area contributed by atoms with Crippen molar-refractivity contribution in [3.8, 4) is 5.69 Å². The summed E-state index contributed by atoms with van der Waals surface area (Å²) in [6.45, 7) is 4.10. The van der Waals surface area contributed by atoms with E-state index in [2.05, 4.69) is 13.0 Å². The predicted octanol–water partition coefficient (Wildman–Crippen LogP) is 5.89. The molecule has 0 amide bonds. The van der Waals surface area contributed by atoms with Crippen molar-refractivity contribution in [1.29, 1.82) is 0 Å². The van der Waals surface area contributed by atoms with E-state index in [9.17, 15) is 9.59 Å². The van der Waals surface area contributed by atoms with E-state index in [1.54, 1.807) is 10.6 Å². The van der Waals surface area contributed by atoms with Gasteiger partial charge in [0.1, 0.15) is 5.58 Å². The molecule has 0 saturated carbocycles. The number of nitrogens with zero attached hydrogens (tertiary/aromatic N) is 2. The highest BCUT2D eigenvalue weighted by Gasteiger charge is 2.18. The van der Waals surface area contributed by atoms with Gasteiger partial charge in [-0.1, -0.05) is 30.0 Å². The summed E-state index contributed by atoms with van der Waals surface area (Å²) in [5, 5.41) is 2.13. The van der Waals surface area contributed by atoms with Crippen LogP contribution in [0.3, 0.4) is 0 Å². The molecule has 0 bridgehead atoms. The largest absolute Gasteiger partial charge is 0.423 e. The van der Waals surface area contributed by atoms with E-state index in [0.29, 0.717) is 27.4 Å². The molecule has 1 aliphatic rings. The second kappa shape index (κ2) is 8.54. The lowest BCUT2D eigenvalue weighted by atomic mass is 10.0. The molecule has 0 fully saturated rings. The molecule has 0 aliphatic heterocycles. The average molecular weight is 481 g/mol. The number of para-hydroxylation sites is 1.